The Kier molecular flexibility index (Phi) is 9.64. The highest BCUT2D eigenvalue weighted by molar-refractivity contribution is 7.90. The van der Waals surface area contributed by atoms with Gasteiger partial charge >= 0.3 is 6.18 Å². The van der Waals surface area contributed by atoms with Gasteiger partial charge in [-0.05, 0) is 72.9 Å². The maximum Gasteiger partial charge on any atom is 0.416 e. The zero-order chi connectivity index (χ0) is 31.4. The molecule has 11 heteroatoms. The van der Waals surface area contributed by atoms with Crippen molar-refractivity contribution in [3.63, 3.8) is 0 Å². The molecule has 228 valence electrons. The molecule has 1 heterocycles. The molecule has 0 aliphatic heterocycles. The Balaban J connectivity index is 1.74. The van der Waals surface area contributed by atoms with E-state index in [1.165, 1.54) is 12.4 Å². The van der Waals surface area contributed by atoms with Crippen molar-refractivity contribution in [2.45, 2.75) is 40.0 Å². The summed E-state index contributed by atoms with van der Waals surface area (Å²) in [6, 6.07) is 15.9. The molecule has 0 fully saturated rings. The number of hydrogen-bond acceptors (Lipinski definition) is 7. The lowest BCUT2D eigenvalue weighted by Crippen LogP contribution is -2.25. The monoisotopic (exact) mass is 613 g/mol. The third-order valence-electron chi connectivity index (χ3n) is 6.81. The molecule has 0 saturated carbocycles. The molecule has 4 aromatic rings. The van der Waals surface area contributed by atoms with E-state index in [-0.39, 0.29) is 37.1 Å². The molecule has 0 N–H and O–H groups in total. The Morgan fingerprint density at radius 1 is 0.837 bits per heavy atom. The van der Waals surface area contributed by atoms with Gasteiger partial charge in [0.1, 0.15) is 12.4 Å². The average Bonchev–Trinajstić information content (AvgIpc) is 2.92. The highest BCUT2D eigenvalue weighted by atomic mass is 32.2. The number of aryl methyl sites for hydroxylation is 3. The van der Waals surface area contributed by atoms with E-state index in [0.717, 1.165) is 46.2 Å². The summed E-state index contributed by atoms with van der Waals surface area (Å²) < 4.78 is 74.8. The van der Waals surface area contributed by atoms with Crippen LogP contribution in [0.3, 0.4) is 0 Å². The highest BCUT2D eigenvalue weighted by Crippen LogP contribution is 2.34. The molecule has 0 amide bonds. The number of aromatic nitrogens is 2. The van der Waals surface area contributed by atoms with Crippen molar-refractivity contribution in [1.29, 1.82) is 0 Å². The minimum Gasteiger partial charge on any atom is -0.497 e. The molecule has 0 aliphatic carbocycles. The van der Waals surface area contributed by atoms with E-state index in [2.05, 4.69) is 9.97 Å². The van der Waals surface area contributed by atoms with Crippen LogP contribution in [0.15, 0.2) is 67.0 Å². The van der Waals surface area contributed by atoms with Gasteiger partial charge in [-0.1, -0.05) is 41.5 Å². The number of nitrogens with zero attached hydrogens (tertiary/aromatic N) is 3. The standard InChI is InChI=1S/C32H34F3N3O4S/c1-21-6-9-29(30-16-27(41-4)8-7-23(30)3)25(13-21)20-38(19-24-12-22(2)14-26(15-24)32(33,34)35)31-36-17-28(18-37-31)42-10-11-43(5,39)40/h6-9,12-18H,10-11,19-20H2,1-5H3. The van der Waals surface area contributed by atoms with E-state index in [4.69, 9.17) is 9.47 Å². The normalized spacial score (nSPS) is 11.8. The van der Waals surface area contributed by atoms with Crippen LogP contribution in [0.4, 0.5) is 19.1 Å². The lowest BCUT2D eigenvalue weighted by molar-refractivity contribution is -0.137. The molecule has 0 unspecified atom stereocenters. The summed E-state index contributed by atoms with van der Waals surface area (Å²) in [4.78, 5) is 10.7. The molecule has 3 aromatic carbocycles. The lowest BCUT2D eigenvalue weighted by Gasteiger charge is -2.25. The Bertz CT molecular complexity index is 1690. The van der Waals surface area contributed by atoms with Crippen LogP contribution in [0.1, 0.15) is 33.4 Å². The van der Waals surface area contributed by atoms with Gasteiger partial charge in [0.25, 0.3) is 0 Å². The van der Waals surface area contributed by atoms with Gasteiger partial charge in [0.15, 0.2) is 15.6 Å². The fraction of sp³-hybridized carbons (Fsp3) is 0.312. The number of alkyl halides is 3. The Morgan fingerprint density at radius 3 is 2.21 bits per heavy atom. The van der Waals surface area contributed by atoms with E-state index in [1.54, 1.807) is 20.1 Å². The van der Waals surface area contributed by atoms with Crippen LogP contribution >= 0.6 is 0 Å². The van der Waals surface area contributed by atoms with Crippen molar-refractivity contribution in [1.82, 2.24) is 9.97 Å². The van der Waals surface area contributed by atoms with Gasteiger partial charge in [0, 0.05) is 19.3 Å². The molecule has 0 bridgehead atoms. The van der Waals surface area contributed by atoms with Crippen LogP contribution in [0, 0.1) is 20.8 Å². The highest BCUT2D eigenvalue weighted by Gasteiger charge is 2.31. The van der Waals surface area contributed by atoms with Crippen molar-refractivity contribution in [3.05, 3.63) is 100 Å². The third kappa shape index (κ3) is 8.70. The smallest absolute Gasteiger partial charge is 0.416 e. The first-order valence-corrected chi connectivity index (χ1v) is 15.6. The summed E-state index contributed by atoms with van der Waals surface area (Å²) in [6.07, 6.45) is -0.507. The van der Waals surface area contributed by atoms with Gasteiger partial charge < -0.3 is 14.4 Å². The third-order valence-corrected chi connectivity index (χ3v) is 7.72. The molecule has 0 radical (unpaired) electrons. The van der Waals surface area contributed by atoms with E-state index in [9.17, 15) is 21.6 Å². The van der Waals surface area contributed by atoms with Gasteiger partial charge in [0.05, 0.1) is 30.8 Å². The quantitative estimate of drug-likeness (QED) is 0.186. The zero-order valence-corrected chi connectivity index (χ0v) is 25.5. The number of benzene rings is 3. The lowest BCUT2D eigenvalue weighted by atomic mass is 9.94. The summed E-state index contributed by atoms with van der Waals surface area (Å²) in [5, 5.41) is 0. The Hall–Kier alpha value is -4.12. The minimum absolute atomic E-state index is 0.0543. The number of methoxy groups -OCH3 is 1. The summed E-state index contributed by atoms with van der Waals surface area (Å²) in [6.45, 7) is 5.95. The van der Waals surface area contributed by atoms with Crippen LogP contribution in [0.25, 0.3) is 11.1 Å². The second-order valence-corrected chi connectivity index (χ2v) is 12.9. The first-order valence-electron chi connectivity index (χ1n) is 13.5. The van der Waals surface area contributed by atoms with Gasteiger partial charge in [-0.3, -0.25) is 0 Å². The number of ether oxygens (including phenoxy) is 2. The molecule has 0 atom stereocenters. The second-order valence-electron chi connectivity index (χ2n) is 10.6. The average molecular weight is 614 g/mol. The summed E-state index contributed by atoms with van der Waals surface area (Å²) >= 11 is 0. The second kappa shape index (κ2) is 13.0. The maximum atomic E-state index is 13.7. The number of hydrogen-bond donors (Lipinski definition) is 0. The first-order chi connectivity index (χ1) is 20.2. The molecule has 0 saturated heterocycles. The molecule has 7 nitrogen and oxygen atoms in total. The molecule has 0 aliphatic rings. The number of anilines is 1. The fourth-order valence-corrected chi connectivity index (χ4v) is 5.12. The molecule has 4 rings (SSSR count). The minimum atomic E-state index is -4.49. The van der Waals surface area contributed by atoms with E-state index < -0.39 is 21.6 Å². The van der Waals surface area contributed by atoms with Gasteiger partial charge in [-0.25, -0.2) is 18.4 Å². The van der Waals surface area contributed by atoms with Crippen LogP contribution in [0.2, 0.25) is 0 Å². The molecule has 1 aromatic heterocycles. The van der Waals surface area contributed by atoms with Crippen molar-refractivity contribution in [3.8, 4) is 22.6 Å². The first kappa shape index (κ1) is 31.8. The van der Waals surface area contributed by atoms with E-state index in [0.29, 0.717) is 16.9 Å². The van der Waals surface area contributed by atoms with Crippen LogP contribution in [-0.4, -0.2) is 44.1 Å². The van der Waals surface area contributed by atoms with Crippen LogP contribution in [-0.2, 0) is 29.1 Å². The van der Waals surface area contributed by atoms with E-state index >= 15 is 0 Å². The molecule has 0 spiro atoms. The van der Waals surface area contributed by atoms with Crippen LogP contribution < -0.4 is 14.4 Å². The summed E-state index contributed by atoms with van der Waals surface area (Å²) in [5.41, 5.74) is 5.13. The largest absolute Gasteiger partial charge is 0.497 e. The summed E-state index contributed by atoms with van der Waals surface area (Å²) in [7, 11) is -1.60. The number of halogens is 3. The molecular formula is C32H34F3N3O4S. The van der Waals surface area contributed by atoms with Gasteiger partial charge in [0.2, 0.25) is 5.95 Å². The fourth-order valence-electron chi connectivity index (χ4n) is 4.73. The predicted molar refractivity (Wildman–Crippen MR) is 161 cm³/mol. The predicted octanol–water partition coefficient (Wildman–Crippen LogP) is 6.73. The molecule has 43 heavy (non-hydrogen) atoms. The van der Waals surface area contributed by atoms with E-state index in [1.807, 2.05) is 55.1 Å². The Labute approximate surface area is 250 Å². The Morgan fingerprint density at radius 2 is 1.56 bits per heavy atom. The van der Waals surface area contributed by atoms with Crippen molar-refractivity contribution >= 4 is 15.8 Å². The topological polar surface area (TPSA) is 81.6 Å². The zero-order valence-electron chi connectivity index (χ0n) is 24.7. The van der Waals surface area contributed by atoms with Crippen molar-refractivity contribution in [2.24, 2.45) is 0 Å². The van der Waals surface area contributed by atoms with Crippen molar-refractivity contribution < 1.29 is 31.1 Å². The van der Waals surface area contributed by atoms with Gasteiger partial charge in [-0.15, -0.1) is 0 Å². The molecular weight excluding hydrogens is 579 g/mol. The number of rotatable bonds is 11. The SMILES string of the molecule is COc1ccc(C)c(-c2ccc(C)cc2CN(Cc2cc(C)cc(C(F)(F)F)c2)c2ncc(OCCS(C)(=O)=O)cn2)c1. The van der Waals surface area contributed by atoms with Crippen molar-refractivity contribution in [2.75, 3.05) is 30.6 Å². The number of sulfone groups is 1. The summed E-state index contributed by atoms with van der Waals surface area (Å²) in [5.74, 6) is 1.11. The maximum absolute atomic E-state index is 13.7. The van der Waals surface area contributed by atoms with Crippen LogP contribution in [0.5, 0.6) is 11.5 Å². The van der Waals surface area contributed by atoms with Gasteiger partial charge in [-0.2, -0.15) is 13.2 Å².